The van der Waals surface area contributed by atoms with E-state index in [1.165, 1.54) is 0 Å². The van der Waals surface area contributed by atoms with Crippen molar-refractivity contribution >= 4 is 33.4 Å². The predicted octanol–water partition coefficient (Wildman–Crippen LogP) is 3.69. The fourth-order valence-electron chi connectivity index (χ4n) is 2.18. The minimum atomic E-state index is -0.0265. The molecule has 0 aromatic heterocycles. The second-order valence-electron chi connectivity index (χ2n) is 4.44. The van der Waals surface area contributed by atoms with Crippen molar-refractivity contribution < 1.29 is 4.79 Å². The van der Waals surface area contributed by atoms with E-state index in [-0.39, 0.29) is 11.9 Å². The monoisotopic (exact) mass is 315 g/mol. The van der Waals surface area contributed by atoms with Crippen molar-refractivity contribution in [2.45, 2.75) is 37.1 Å². The summed E-state index contributed by atoms with van der Waals surface area (Å²) in [6.07, 6.45) is 3.33. The Balaban J connectivity index is 2.12. The summed E-state index contributed by atoms with van der Waals surface area (Å²) < 4.78 is 0. The molecule has 1 fully saturated rings. The van der Waals surface area contributed by atoms with E-state index < -0.39 is 0 Å². The number of alkyl halides is 1. The van der Waals surface area contributed by atoms with Crippen LogP contribution in [0.15, 0.2) is 18.2 Å². The molecule has 1 amide bonds. The fraction of sp³-hybridized carbons (Fsp3) is 0.462. The number of carbonyl (C=O) groups excluding carboxylic acids is 1. The lowest BCUT2D eigenvalue weighted by atomic mass is 10.1. The summed E-state index contributed by atoms with van der Waals surface area (Å²) in [4.78, 5) is 12.5. The van der Waals surface area contributed by atoms with Crippen molar-refractivity contribution in [1.29, 1.82) is 0 Å². The summed E-state index contributed by atoms with van der Waals surface area (Å²) in [5.41, 5.74) is 1.51. The minimum Gasteiger partial charge on any atom is -0.348 e. The van der Waals surface area contributed by atoms with Crippen LogP contribution in [0.3, 0.4) is 0 Å². The molecule has 2 nitrogen and oxygen atoms in total. The highest BCUT2D eigenvalue weighted by Gasteiger charge is 2.26. The zero-order valence-electron chi connectivity index (χ0n) is 9.67. The van der Waals surface area contributed by atoms with Gasteiger partial charge in [-0.2, -0.15) is 0 Å². The van der Waals surface area contributed by atoms with Crippen LogP contribution in [-0.2, 0) is 0 Å². The van der Waals surface area contributed by atoms with Gasteiger partial charge in [-0.05, 0) is 37.5 Å². The zero-order chi connectivity index (χ0) is 12.4. The third-order valence-corrected chi connectivity index (χ3v) is 4.77. The summed E-state index contributed by atoms with van der Waals surface area (Å²) >= 11 is 9.61. The summed E-state index contributed by atoms with van der Waals surface area (Å²) in [5, 5.41) is 3.71. The van der Waals surface area contributed by atoms with Gasteiger partial charge in [0.2, 0.25) is 0 Å². The van der Waals surface area contributed by atoms with E-state index in [0.29, 0.717) is 15.4 Å². The number of hydrogen-bond donors (Lipinski definition) is 1. The van der Waals surface area contributed by atoms with Crippen LogP contribution in [0.2, 0.25) is 5.02 Å². The molecular weight excluding hydrogens is 302 g/mol. The van der Waals surface area contributed by atoms with Crippen LogP contribution in [0.25, 0.3) is 0 Å². The lowest BCUT2D eigenvalue weighted by Gasteiger charge is -2.17. The van der Waals surface area contributed by atoms with Crippen LogP contribution in [0, 0.1) is 6.92 Å². The first-order valence-corrected chi connectivity index (χ1v) is 7.09. The molecule has 1 N–H and O–H groups in total. The quantitative estimate of drug-likeness (QED) is 0.828. The van der Waals surface area contributed by atoms with Crippen molar-refractivity contribution in [3.63, 3.8) is 0 Å². The number of nitrogens with one attached hydrogen (secondary N) is 1. The Labute approximate surface area is 115 Å². The van der Waals surface area contributed by atoms with Crippen LogP contribution < -0.4 is 5.32 Å². The number of hydrogen-bond acceptors (Lipinski definition) is 1. The van der Waals surface area contributed by atoms with Gasteiger partial charge < -0.3 is 5.32 Å². The molecule has 0 spiro atoms. The van der Waals surface area contributed by atoms with Gasteiger partial charge in [0.05, 0.1) is 0 Å². The third kappa shape index (κ3) is 2.83. The van der Waals surface area contributed by atoms with Gasteiger partial charge in [0.1, 0.15) is 0 Å². The summed E-state index contributed by atoms with van der Waals surface area (Å²) in [6, 6.07) is 5.66. The Bertz CT molecular complexity index is 435. The molecule has 0 aliphatic heterocycles. The van der Waals surface area contributed by atoms with Gasteiger partial charge in [0, 0.05) is 21.5 Å². The second kappa shape index (κ2) is 5.40. The van der Waals surface area contributed by atoms with Crippen molar-refractivity contribution in [3.8, 4) is 0 Å². The molecule has 1 aliphatic rings. The topological polar surface area (TPSA) is 29.1 Å². The Hall–Kier alpha value is -0.540. The molecular formula is C13H15BrClNO. The van der Waals surface area contributed by atoms with E-state index in [9.17, 15) is 4.79 Å². The number of amides is 1. The average Bonchev–Trinajstić information content (AvgIpc) is 2.68. The molecule has 2 unspecified atom stereocenters. The van der Waals surface area contributed by atoms with Gasteiger partial charge in [-0.3, -0.25) is 4.79 Å². The number of rotatable bonds is 2. The minimum absolute atomic E-state index is 0.0265. The highest BCUT2D eigenvalue weighted by atomic mass is 79.9. The molecule has 92 valence electrons. The molecule has 1 aromatic rings. The Morgan fingerprint density at radius 3 is 2.88 bits per heavy atom. The first kappa shape index (κ1) is 12.9. The molecule has 0 heterocycles. The molecule has 17 heavy (non-hydrogen) atoms. The van der Waals surface area contributed by atoms with Crippen molar-refractivity contribution in [2.75, 3.05) is 0 Å². The van der Waals surface area contributed by atoms with Gasteiger partial charge >= 0.3 is 0 Å². The first-order valence-electron chi connectivity index (χ1n) is 5.79. The SMILES string of the molecule is Cc1c(Cl)cccc1C(=O)NC1CCCC1Br. The predicted molar refractivity (Wildman–Crippen MR) is 74.0 cm³/mol. The molecule has 0 bridgehead atoms. The molecule has 4 heteroatoms. The van der Waals surface area contributed by atoms with Crippen molar-refractivity contribution in [3.05, 3.63) is 34.3 Å². The van der Waals surface area contributed by atoms with Gasteiger partial charge in [-0.1, -0.05) is 40.0 Å². The van der Waals surface area contributed by atoms with E-state index in [1.54, 1.807) is 6.07 Å². The van der Waals surface area contributed by atoms with Crippen LogP contribution in [0.5, 0.6) is 0 Å². The van der Waals surface area contributed by atoms with E-state index >= 15 is 0 Å². The average molecular weight is 317 g/mol. The standard InChI is InChI=1S/C13H15BrClNO/c1-8-9(4-2-6-11(8)15)13(17)16-12-7-3-5-10(12)14/h2,4,6,10,12H,3,5,7H2,1H3,(H,16,17). The highest BCUT2D eigenvalue weighted by Crippen LogP contribution is 2.26. The second-order valence-corrected chi connectivity index (χ2v) is 6.02. The van der Waals surface area contributed by atoms with E-state index in [0.717, 1.165) is 24.8 Å². The maximum Gasteiger partial charge on any atom is 0.251 e. The van der Waals surface area contributed by atoms with E-state index in [4.69, 9.17) is 11.6 Å². The van der Waals surface area contributed by atoms with Crippen LogP contribution >= 0.6 is 27.5 Å². The molecule has 2 atom stereocenters. The Kier molecular flexibility index (Phi) is 4.10. The number of carbonyl (C=O) groups is 1. The molecule has 1 aromatic carbocycles. The molecule has 1 aliphatic carbocycles. The van der Waals surface area contributed by atoms with Crippen molar-refractivity contribution in [1.82, 2.24) is 5.32 Å². The first-order chi connectivity index (χ1) is 8.09. The van der Waals surface area contributed by atoms with Crippen LogP contribution in [0.1, 0.15) is 35.2 Å². The van der Waals surface area contributed by atoms with E-state index in [1.807, 2.05) is 19.1 Å². The largest absolute Gasteiger partial charge is 0.348 e. The molecule has 0 saturated heterocycles. The summed E-state index contributed by atoms with van der Waals surface area (Å²) in [5.74, 6) is -0.0265. The normalized spacial score (nSPS) is 23.7. The molecule has 1 saturated carbocycles. The number of halogens is 2. The highest BCUT2D eigenvalue weighted by molar-refractivity contribution is 9.09. The maximum atomic E-state index is 12.1. The van der Waals surface area contributed by atoms with Gasteiger partial charge in [0.15, 0.2) is 0 Å². The zero-order valence-corrected chi connectivity index (χ0v) is 12.0. The maximum absolute atomic E-state index is 12.1. The van der Waals surface area contributed by atoms with Gasteiger partial charge in [-0.25, -0.2) is 0 Å². The summed E-state index contributed by atoms with van der Waals surface area (Å²) in [6.45, 7) is 1.87. The fourth-order valence-corrected chi connectivity index (χ4v) is 3.07. The smallest absolute Gasteiger partial charge is 0.251 e. The van der Waals surface area contributed by atoms with Crippen molar-refractivity contribution in [2.24, 2.45) is 0 Å². The molecule has 2 rings (SSSR count). The molecule has 0 radical (unpaired) electrons. The Morgan fingerprint density at radius 2 is 2.24 bits per heavy atom. The van der Waals surface area contributed by atoms with Crippen LogP contribution in [-0.4, -0.2) is 16.8 Å². The van der Waals surface area contributed by atoms with Gasteiger partial charge in [0.25, 0.3) is 5.91 Å². The lowest BCUT2D eigenvalue weighted by molar-refractivity contribution is 0.0938. The Morgan fingerprint density at radius 1 is 1.47 bits per heavy atom. The van der Waals surface area contributed by atoms with Gasteiger partial charge in [-0.15, -0.1) is 0 Å². The number of benzene rings is 1. The summed E-state index contributed by atoms with van der Waals surface area (Å²) in [7, 11) is 0. The van der Waals surface area contributed by atoms with E-state index in [2.05, 4.69) is 21.2 Å². The van der Waals surface area contributed by atoms with Crippen LogP contribution in [0.4, 0.5) is 0 Å². The lowest BCUT2D eigenvalue weighted by Crippen LogP contribution is -2.37. The third-order valence-electron chi connectivity index (χ3n) is 3.26.